The molecule has 33 heavy (non-hydrogen) atoms. The zero-order valence-electron chi connectivity index (χ0n) is 18.3. The van der Waals surface area contributed by atoms with Gasteiger partial charge >= 0.3 is 0 Å². The summed E-state index contributed by atoms with van der Waals surface area (Å²) in [6.45, 7) is 0.630. The molecular weight excluding hydrogens is 466 g/mol. The molecule has 1 aliphatic rings. The van der Waals surface area contributed by atoms with Gasteiger partial charge in [0.2, 0.25) is 11.8 Å². The molecule has 1 aliphatic heterocycles. The largest absolute Gasteiger partial charge is 0.497 e. The van der Waals surface area contributed by atoms with Gasteiger partial charge in [-0.1, -0.05) is 36.0 Å². The van der Waals surface area contributed by atoms with Crippen molar-refractivity contribution in [3.05, 3.63) is 54.6 Å². The average Bonchev–Trinajstić information content (AvgIpc) is 3.08. The van der Waals surface area contributed by atoms with Gasteiger partial charge in [-0.3, -0.25) is 14.5 Å². The SMILES string of the molecule is COCCCN1C(=O)C(CC(=O)Nc2cccc(OC)c2)S/C1=N\S(=O)(=O)c1ccccc1. The van der Waals surface area contributed by atoms with Crippen LogP contribution in [0.5, 0.6) is 5.75 Å². The van der Waals surface area contributed by atoms with E-state index in [9.17, 15) is 18.0 Å². The highest BCUT2D eigenvalue weighted by Gasteiger charge is 2.40. The topological polar surface area (TPSA) is 114 Å². The second kappa shape index (κ2) is 11.3. The van der Waals surface area contributed by atoms with E-state index in [4.69, 9.17) is 9.47 Å². The molecule has 9 nitrogen and oxygen atoms in total. The number of ether oxygens (including phenoxy) is 2. The first-order valence-electron chi connectivity index (χ1n) is 10.1. The molecule has 1 heterocycles. The third-order valence-corrected chi connectivity index (χ3v) is 7.29. The van der Waals surface area contributed by atoms with Crippen LogP contribution in [0.3, 0.4) is 0 Å². The molecule has 1 saturated heterocycles. The molecule has 3 rings (SSSR count). The average molecular weight is 492 g/mol. The van der Waals surface area contributed by atoms with Crippen molar-refractivity contribution >= 4 is 44.5 Å². The summed E-state index contributed by atoms with van der Waals surface area (Å²) in [5.41, 5.74) is 0.535. The van der Waals surface area contributed by atoms with Crippen molar-refractivity contribution in [2.75, 3.05) is 32.7 Å². The smallest absolute Gasteiger partial charge is 0.284 e. The van der Waals surface area contributed by atoms with Gasteiger partial charge in [-0.2, -0.15) is 8.42 Å². The summed E-state index contributed by atoms with van der Waals surface area (Å²) in [5, 5.41) is 2.00. The summed E-state index contributed by atoms with van der Waals surface area (Å²) in [4.78, 5) is 26.9. The number of methoxy groups -OCH3 is 2. The number of carbonyl (C=O) groups excluding carboxylic acids is 2. The third kappa shape index (κ3) is 6.56. The summed E-state index contributed by atoms with van der Waals surface area (Å²) in [5.74, 6) is -0.152. The van der Waals surface area contributed by atoms with Crippen molar-refractivity contribution in [1.82, 2.24) is 4.90 Å². The molecule has 0 spiro atoms. The summed E-state index contributed by atoms with van der Waals surface area (Å²) in [6.07, 6.45) is 0.363. The number of sulfonamides is 1. The third-order valence-electron chi connectivity index (χ3n) is 4.71. The first-order chi connectivity index (χ1) is 15.8. The number of nitrogens with zero attached hydrogens (tertiary/aromatic N) is 2. The molecule has 1 N–H and O–H groups in total. The minimum Gasteiger partial charge on any atom is -0.497 e. The van der Waals surface area contributed by atoms with Gasteiger partial charge in [0, 0.05) is 38.4 Å². The van der Waals surface area contributed by atoms with Crippen LogP contribution in [0.4, 0.5) is 5.69 Å². The van der Waals surface area contributed by atoms with Gasteiger partial charge in [-0.15, -0.1) is 4.40 Å². The first-order valence-corrected chi connectivity index (χ1v) is 12.5. The van der Waals surface area contributed by atoms with Crippen LogP contribution in [0, 0.1) is 0 Å². The van der Waals surface area contributed by atoms with Crippen LogP contribution in [0.15, 0.2) is 63.9 Å². The lowest BCUT2D eigenvalue weighted by molar-refractivity contribution is -0.128. The minimum atomic E-state index is -4.01. The number of thioether (sulfide) groups is 1. The number of carbonyl (C=O) groups is 2. The van der Waals surface area contributed by atoms with E-state index in [0.717, 1.165) is 11.8 Å². The lowest BCUT2D eigenvalue weighted by atomic mass is 10.2. The van der Waals surface area contributed by atoms with Gasteiger partial charge in [0.05, 0.1) is 12.0 Å². The molecule has 1 atom stereocenters. The Balaban J connectivity index is 1.77. The molecule has 1 unspecified atom stereocenters. The fourth-order valence-corrected chi connectivity index (χ4v) is 5.51. The molecule has 0 aliphatic carbocycles. The summed E-state index contributed by atoms with van der Waals surface area (Å²) in [7, 11) is -0.943. The van der Waals surface area contributed by atoms with Gasteiger partial charge in [0.15, 0.2) is 5.17 Å². The Morgan fingerprint density at radius 1 is 1.15 bits per heavy atom. The summed E-state index contributed by atoms with van der Waals surface area (Å²) in [6, 6.07) is 14.6. The molecule has 0 aromatic heterocycles. The van der Waals surface area contributed by atoms with Gasteiger partial charge in [0.25, 0.3) is 10.0 Å². The van der Waals surface area contributed by atoms with Crippen LogP contribution < -0.4 is 10.1 Å². The van der Waals surface area contributed by atoms with Crippen LogP contribution >= 0.6 is 11.8 Å². The van der Waals surface area contributed by atoms with Crippen molar-refractivity contribution in [3.63, 3.8) is 0 Å². The maximum atomic E-state index is 13.0. The lowest BCUT2D eigenvalue weighted by Crippen LogP contribution is -2.35. The molecule has 2 aromatic carbocycles. The zero-order chi connectivity index (χ0) is 23.8. The Morgan fingerprint density at radius 3 is 2.61 bits per heavy atom. The molecule has 2 amide bonds. The quantitative estimate of drug-likeness (QED) is 0.508. The fourth-order valence-electron chi connectivity index (χ4n) is 3.11. The van der Waals surface area contributed by atoms with Gasteiger partial charge in [-0.05, 0) is 30.7 Å². The predicted molar refractivity (Wildman–Crippen MR) is 127 cm³/mol. The normalized spacial score (nSPS) is 17.4. The number of amidine groups is 1. The van der Waals surface area contributed by atoms with Gasteiger partial charge in [-0.25, -0.2) is 0 Å². The molecule has 0 saturated carbocycles. The molecule has 0 radical (unpaired) electrons. The van der Waals surface area contributed by atoms with E-state index in [-0.39, 0.29) is 34.8 Å². The number of rotatable bonds is 10. The Kier molecular flexibility index (Phi) is 8.48. The van der Waals surface area contributed by atoms with E-state index in [1.54, 1.807) is 49.6 Å². The number of amides is 2. The standard InChI is InChI=1S/C22H25N3O6S2/c1-30-13-7-12-25-21(27)19(15-20(26)23-16-8-6-9-17(14-16)31-2)32-22(25)24-33(28,29)18-10-4-3-5-11-18/h3-6,8-11,14,19H,7,12-13,15H2,1-2H3,(H,23,26)/b24-22-. The van der Waals surface area contributed by atoms with E-state index in [1.807, 2.05) is 0 Å². The molecule has 176 valence electrons. The second-order valence-corrected chi connectivity index (χ2v) is 9.86. The molecule has 2 aromatic rings. The zero-order valence-corrected chi connectivity index (χ0v) is 19.9. The second-order valence-electron chi connectivity index (χ2n) is 7.09. The maximum Gasteiger partial charge on any atom is 0.284 e. The summed E-state index contributed by atoms with van der Waals surface area (Å²) >= 11 is 0.974. The van der Waals surface area contributed by atoms with Gasteiger partial charge in [0.1, 0.15) is 11.0 Å². The Bertz CT molecular complexity index is 1120. The monoisotopic (exact) mass is 491 g/mol. The van der Waals surface area contributed by atoms with E-state index in [0.29, 0.717) is 24.5 Å². The Morgan fingerprint density at radius 2 is 1.91 bits per heavy atom. The van der Waals surface area contributed by atoms with Crippen molar-refractivity contribution < 1.29 is 27.5 Å². The summed E-state index contributed by atoms with van der Waals surface area (Å²) < 4.78 is 39.6. The maximum absolute atomic E-state index is 13.0. The van der Waals surface area contributed by atoms with E-state index < -0.39 is 15.3 Å². The molecule has 0 bridgehead atoms. The highest BCUT2D eigenvalue weighted by Crippen LogP contribution is 2.31. The van der Waals surface area contributed by atoms with Crippen molar-refractivity contribution in [3.8, 4) is 5.75 Å². The van der Waals surface area contributed by atoms with Crippen LogP contribution in [0.2, 0.25) is 0 Å². The molecule has 11 heteroatoms. The van der Waals surface area contributed by atoms with Crippen molar-refractivity contribution in [2.45, 2.75) is 23.0 Å². The lowest BCUT2D eigenvalue weighted by Gasteiger charge is -2.16. The first kappa shape index (κ1) is 24.7. The van der Waals surface area contributed by atoms with E-state index in [2.05, 4.69) is 9.71 Å². The Hall–Kier alpha value is -2.89. The number of hydrogen-bond donors (Lipinski definition) is 1. The van der Waals surface area contributed by atoms with Gasteiger partial charge < -0.3 is 14.8 Å². The van der Waals surface area contributed by atoms with E-state index >= 15 is 0 Å². The molecule has 1 fully saturated rings. The van der Waals surface area contributed by atoms with Crippen LogP contribution in [-0.2, 0) is 24.3 Å². The number of nitrogens with one attached hydrogen (secondary N) is 1. The van der Waals surface area contributed by atoms with Crippen LogP contribution in [-0.4, -0.2) is 62.9 Å². The predicted octanol–water partition coefficient (Wildman–Crippen LogP) is 2.75. The van der Waals surface area contributed by atoms with Crippen LogP contribution in [0.25, 0.3) is 0 Å². The van der Waals surface area contributed by atoms with Crippen molar-refractivity contribution in [1.29, 1.82) is 0 Å². The minimum absolute atomic E-state index is 0.0293. The van der Waals surface area contributed by atoms with Crippen molar-refractivity contribution in [2.24, 2.45) is 4.40 Å². The highest BCUT2D eigenvalue weighted by molar-refractivity contribution is 8.16. The fraction of sp³-hybridized carbons (Fsp3) is 0.318. The molecular formula is C22H25N3O6S2. The highest BCUT2D eigenvalue weighted by atomic mass is 32.2. The number of hydrogen-bond acceptors (Lipinski definition) is 7. The Labute approximate surface area is 197 Å². The number of anilines is 1. The van der Waals surface area contributed by atoms with Crippen LogP contribution in [0.1, 0.15) is 12.8 Å². The van der Waals surface area contributed by atoms with E-state index in [1.165, 1.54) is 24.1 Å². The number of benzene rings is 2.